The van der Waals surface area contributed by atoms with Gasteiger partial charge in [0.15, 0.2) is 11.5 Å². The lowest BCUT2D eigenvalue weighted by Gasteiger charge is -2.14. The summed E-state index contributed by atoms with van der Waals surface area (Å²) in [5.41, 5.74) is 0. The second-order valence-corrected chi connectivity index (χ2v) is 6.31. The van der Waals surface area contributed by atoms with Gasteiger partial charge in [0.1, 0.15) is 13.2 Å². The van der Waals surface area contributed by atoms with Crippen LogP contribution in [0.2, 0.25) is 0 Å². The third-order valence-electron chi connectivity index (χ3n) is 2.98. The van der Waals surface area contributed by atoms with Crippen LogP contribution in [0.15, 0.2) is 18.2 Å². The lowest BCUT2D eigenvalue weighted by Crippen LogP contribution is -2.13. The van der Waals surface area contributed by atoms with Crippen LogP contribution < -0.4 is 14.8 Å². The molecule has 1 aromatic carbocycles. The average molecular weight is 348 g/mol. The maximum atomic E-state index is 11.4. The number of fused-ring (bicyclic) bond motifs is 1. The molecule has 23 heavy (non-hydrogen) atoms. The standard InChI is InChI=1S/C14H21O8P/c15-23(16,17)12-1-2-13-14(11-12)22-10-8-20-6-4-18-3-5-19-7-9-21-13/h1-2,11H,3-10H2,(H2,15,16,17). The highest BCUT2D eigenvalue weighted by Crippen LogP contribution is 2.37. The molecule has 8 nitrogen and oxygen atoms in total. The number of hydrogen-bond acceptors (Lipinski definition) is 6. The van der Waals surface area contributed by atoms with Crippen molar-refractivity contribution < 1.29 is 38.0 Å². The van der Waals surface area contributed by atoms with Crippen molar-refractivity contribution >= 4 is 12.9 Å². The highest BCUT2D eigenvalue weighted by molar-refractivity contribution is 7.60. The highest BCUT2D eigenvalue weighted by atomic mass is 31.2. The molecule has 0 spiro atoms. The summed E-state index contributed by atoms with van der Waals surface area (Å²) in [6.07, 6.45) is 0. The summed E-state index contributed by atoms with van der Waals surface area (Å²) >= 11 is 0. The van der Waals surface area contributed by atoms with E-state index in [1.807, 2.05) is 0 Å². The number of benzene rings is 1. The summed E-state index contributed by atoms with van der Waals surface area (Å²) in [5, 5.41) is -0.122. The van der Waals surface area contributed by atoms with Crippen molar-refractivity contribution in [2.45, 2.75) is 0 Å². The van der Waals surface area contributed by atoms with Gasteiger partial charge in [-0.1, -0.05) is 0 Å². The van der Waals surface area contributed by atoms with Gasteiger partial charge in [-0.2, -0.15) is 0 Å². The Morgan fingerprint density at radius 3 is 1.74 bits per heavy atom. The summed E-state index contributed by atoms with van der Waals surface area (Å²) < 4.78 is 38.4. The second kappa shape index (κ2) is 9.22. The van der Waals surface area contributed by atoms with Crippen LogP contribution in [-0.4, -0.2) is 62.6 Å². The lowest BCUT2D eigenvalue weighted by atomic mass is 10.3. The molecule has 1 aliphatic rings. The molecule has 0 unspecified atom stereocenters. The molecule has 0 radical (unpaired) electrons. The van der Waals surface area contributed by atoms with Crippen molar-refractivity contribution in [3.8, 4) is 11.5 Å². The molecule has 130 valence electrons. The second-order valence-electron chi connectivity index (χ2n) is 4.71. The van der Waals surface area contributed by atoms with Crippen molar-refractivity contribution in [2.75, 3.05) is 52.9 Å². The van der Waals surface area contributed by atoms with E-state index in [-0.39, 0.29) is 17.7 Å². The topological polar surface area (TPSA) is 104 Å². The van der Waals surface area contributed by atoms with Gasteiger partial charge in [-0.15, -0.1) is 0 Å². The predicted molar refractivity (Wildman–Crippen MR) is 81.6 cm³/mol. The van der Waals surface area contributed by atoms with Gasteiger partial charge in [0.05, 0.1) is 44.9 Å². The molecule has 0 aliphatic carbocycles. The van der Waals surface area contributed by atoms with Gasteiger partial charge in [0, 0.05) is 0 Å². The maximum absolute atomic E-state index is 11.4. The van der Waals surface area contributed by atoms with Crippen LogP contribution in [-0.2, 0) is 18.8 Å². The van der Waals surface area contributed by atoms with E-state index in [0.29, 0.717) is 52.0 Å². The molecule has 0 bridgehead atoms. The molecule has 1 aliphatic heterocycles. The zero-order chi connectivity index (χ0) is 16.5. The van der Waals surface area contributed by atoms with E-state index >= 15 is 0 Å². The Balaban J connectivity index is 2.07. The van der Waals surface area contributed by atoms with Gasteiger partial charge in [0.2, 0.25) is 0 Å². The molecule has 1 aromatic rings. The Labute approximate surface area is 134 Å². The third kappa shape index (κ3) is 6.47. The van der Waals surface area contributed by atoms with Crippen LogP contribution in [0.1, 0.15) is 0 Å². The van der Waals surface area contributed by atoms with Gasteiger partial charge < -0.3 is 33.5 Å². The summed E-state index contributed by atoms with van der Waals surface area (Å²) in [6, 6.07) is 4.09. The molecule has 2 N–H and O–H groups in total. The minimum absolute atomic E-state index is 0.122. The SMILES string of the molecule is O=P(O)(O)c1ccc2c(c1)OCCOCCOCCOCCO2. The molecule has 9 heteroatoms. The van der Waals surface area contributed by atoms with E-state index in [0.717, 1.165) is 0 Å². The van der Waals surface area contributed by atoms with Gasteiger partial charge in [-0.05, 0) is 18.2 Å². The minimum atomic E-state index is -4.35. The summed E-state index contributed by atoms with van der Waals surface area (Å²) in [5.74, 6) is 0.664. The first-order valence-electron chi connectivity index (χ1n) is 7.26. The quantitative estimate of drug-likeness (QED) is 0.699. The number of ether oxygens (including phenoxy) is 5. The molecule has 2 rings (SSSR count). The van der Waals surface area contributed by atoms with E-state index in [1.165, 1.54) is 18.2 Å². The fraction of sp³-hybridized carbons (Fsp3) is 0.571. The zero-order valence-electron chi connectivity index (χ0n) is 12.7. The van der Waals surface area contributed by atoms with Gasteiger partial charge in [0.25, 0.3) is 0 Å². The van der Waals surface area contributed by atoms with Crippen LogP contribution >= 0.6 is 7.60 Å². The van der Waals surface area contributed by atoms with Crippen LogP contribution in [0.25, 0.3) is 0 Å². The minimum Gasteiger partial charge on any atom is -0.487 e. The fourth-order valence-corrected chi connectivity index (χ4v) is 2.43. The van der Waals surface area contributed by atoms with Crippen molar-refractivity contribution in [1.29, 1.82) is 0 Å². The van der Waals surface area contributed by atoms with E-state index in [2.05, 4.69) is 0 Å². The Morgan fingerprint density at radius 2 is 1.22 bits per heavy atom. The van der Waals surface area contributed by atoms with Crippen molar-refractivity contribution in [3.05, 3.63) is 18.2 Å². The molecule has 0 amide bonds. The molecule has 0 saturated carbocycles. The number of hydrogen-bond donors (Lipinski definition) is 2. The predicted octanol–water partition coefficient (Wildman–Crippen LogP) is 0.311. The van der Waals surface area contributed by atoms with E-state index in [4.69, 9.17) is 23.7 Å². The Morgan fingerprint density at radius 1 is 0.739 bits per heavy atom. The first-order valence-corrected chi connectivity index (χ1v) is 8.87. The normalized spacial score (nSPS) is 18.7. The Bertz CT molecular complexity index is 530. The zero-order valence-corrected chi connectivity index (χ0v) is 13.6. The summed E-state index contributed by atoms with van der Waals surface area (Å²) in [6.45, 7) is 3.10. The smallest absolute Gasteiger partial charge is 0.356 e. The maximum Gasteiger partial charge on any atom is 0.356 e. The fourth-order valence-electron chi connectivity index (χ4n) is 1.87. The van der Waals surface area contributed by atoms with Gasteiger partial charge in [-0.3, -0.25) is 4.57 Å². The van der Waals surface area contributed by atoms with Crippen LogP contribution in [0, 0.1) is 0 Å². The first-order chi connectivity index (χ1) is 11.1. The van der Waals surface area contributed by atoms with Crippen LogP contribution in [0.4, 0.5) is 0 Å². The molecule has 0 fully saturated rings. The molecule has 1 heterocycles. The van der Waals surface area contributed by atoms with Crippen molar-refractivity contribution in [1.82, 2.24) is 0 Å². The van der Waals surface area contributed by atoms with Crippen molar-refractivity contribution in [3.63, 3.8) is 0 Å². The third-order valence-corrected chi connectivity index (χ3v) is 3.93. The number of rotatable bonds is 1. The van der Waals surface area contributed by atoms with Crippen molar-refractivity contribution in [2.24, 2.45) is 0 Å². The van der Waals surface area contributed by atoms with E-state index in [1.54, 1.807) is 0 Å². The van der Waals surface area contributed by atoms with Gasteiger partial charge >= 0.3 is 7.60 Å². The molecule has 0 saturated heterocycles. The average Bonchev–Trinajstić information content (AvgIpc) is 2.52. The lowest BCUT2D eigenvalue weighted by molar-refractivity contribution is 0.00708. The largest absolute Gasteiger partial charge is 0.487 e. The van der Waals surface area contributed by atoms with Crippen LogP contribution in [0.3, 0.4) is 0 Å². The van der Waals surface area contributed by atoms with Gasteiger partial charge in [-0.25, -0.2) is 0 Å². The highest BCUT2D eigenvalue weighted by Gasteiger charge is 2.20. The summed E-state index contributed by atoms with van der Waals surface area (Å²) in [7, 11) is -4.35. The summed E-state index contributed by atoms with van der Waals surface area (Å²) in [4.78, 5) is 18.5. The Hall–Kier alpha value is -1.15. The monoisotopic (exact) mass is 348 g/mol. The molecule has 0 atom stereocenters. The van der Waals surface area contributed by atoms with Crippen LogP contribution in [0.5, 0.6) is 11.5 Å². The first kappa shape index (κ1) is 18.2. The Kier molecular flexibility index (Phi) is 7.29. The van der Waals surface area contributed by atoms with E-state index < -0.39 is 7.60 Å². The molecule has 0 aromatic heterocycles. The molecular formula is C14H21O8P. The molecular weight excluding hydrogens is 327 g/mol. The van der Waals surface area contributed by atoms with E-state index in [9.17, 15) is 14.4 Å².